The van der Waals surface area contributed by atoms with Crippen LogP contribution in [0.5, 0.6) is 0 Å². The molecule has 6 rings (SSSR count). The zero-order chi connectivity index (χ0) is 77.1. The lowest BCUT2D eigenvalue weighted by molar-refractivity contribution is -0.0295. The van der Waals surface area contributed by atoms with Gasteiger partial charge in [0.15, 0.2) is 0 Å². The van der Waals surface area contributed by atoms with Crippen LogP contribution in [0.2, 0.25) is 0 Å². The lowest BCUT2D eigenvalue weighted by atomic mass is 10.1. The summed E-state index contributed by atoms with van der Waals surface area (Å²) in [6, 6.07) is 41.4. The van der Waals surface area contributed by atoms with E-state index in [9.17, 15) is 28.8 Å². The maximum Gasteiger partial charge on any atom is 0.519 e. The quantitative estimate of drug-likeness (QED) is 0.0398. The number of ether oxygens (including phenoxy) is 5. The van der Waals surface area contributed by atoms with E-state index in [1.54, 1.807) is 97.1 Å². The first-order valence-electron chi connectivity index (χ1n) is 29.7. The van der Waals surface area contributed by atoms with Crippen LogP contribution in [0.3, 0.4) is 0 Å². The topological polar surface area (TPSA) is 319 Å². The third-order valence-corrected chi connectivity index (χ3v) is 17.7. The number of hydrogen-bond donors (Lipinski definition) is 3. The molecule has 6 aromatic rings. The van der Waals surface area contributed by atoms with Crippen LogP contribution in [0.25, 0.3) is 0 Å². The van der Waals surface area contributed by atoms with Crippen LogP contribution in [0.15, 0.2) is 136 Å². The van der Waals surface area contributed by atoms with Crippen LogP contribution in [-0.4, -0.2) is 83.2 Å². The molecule has 536 valence electrons. The van der Waals surface area contributed by atoms with Crippen LogP contribution in [0.1, 0.15) is 166 Å². The molecule has 99 heavy (non-hydrogen) atoms. The molecule has 19 nitrogen and oxygen atoms in total. The first-order valence-corrected chi connectivity index (χ1v) is 36.0. The molecule has 0 heterocycles. The van der Waals surface area contributed by atoms with E-state index >= 15 is 0 Å². The number of rotatable bonds is 9. The number of primary amides is 1. The van der Waals surface area contributed by atoms with Gasteiger partial charge in [-0.05, 0) is 268 Å². The van der Waals surface area contributed by atoms with Crippen molar-refractivity contribution in [2.24, 2.45) is 17.4 Å². The van der Waals surface area contributed by atoms with Gasteiger partial charge in [-0.15, -0.1) is 0 Å². The summed E-state index contributed by atoms with van der Waals surface area (Å²) in [5, 5.41) is 44.3. The van der Waals surface area contributed by atoms with E-state index < -0.39 is 46.4 Å². The van der Waals surface area contributed by atoms with Crippen molar-refractivity contribution in [1.82, 2.24) is 4.90 Å². The van der Waals surface area contributed by atoms with E-state index in [0.29, 0.717) is 55.8 Å². The number of nitrogens with two attached hydrogens (primary N) is 2. The molecule has 6 aromatic carbocycles. The molecule has 5 N–H and O–H groups in total. The molecule has 0 aliphatic heterocycles. The van der Waals surface area contributed by atoms with Crippen molar-refractivity contribution in [3.05, 3.63) is 203 Å². The Morgan fingerprint density at radius 3 is 1.18 bits per heavy atom. The first kappa shape index (κ1) is 96.5. The highest BCUT2D eigenvalue weighted by Crippen LogP contribution is 2.27. The Hall–Kier alpha value is -6.69. The molecule has 0 unspecified atom stereocenters. The van der Waals surface area contributed by atoms with E-state index in [1.807, 2.05) is 110 Å². The Morgan fingerprint density at radius 2 is 0.869 bits per heavy atom. The molecule has 0 saturated carbocycles. The van der Waals surface area contributed by atoms with Gasteiger partial charge in [0, 0.05) is 57.4 Å². The maximum atomic E-state index is 11.9. The predicted octanol–water partition coefficient (Wildman–Crippen LogP) is 21.6. The van der Waals surface area contributed by atoms with Crippen molar-refractivity contribution >= 4 is 159 Å². The van der Waals surface area contributed by atoms with Crippen molar-refractivity contribution in [3.8, 4) is 24.3 Å². The van der Waals surface area contributed by atoms with Gasteiger partial charge in [-0.2, -0.15) is 21.0 Å². The summed E-state index contributed by atoms with van der Waals surface area (Å²) in [5.41, 5.74) is 16.7. The van der Waals surface area contributed by atoms with Crippen molar-refractivity contribution in [2.75, 3.05) is 20.7 Å². The molecule has 0 aliphatic carbocycles. The SMILES string of the molecule is CC(C)(C)OC(=O)OC(=O)OC(C)(C)C.CC(C)COC(=O)Cl.CCCc1cccc(C#N)c1Br.CN.CN(Cc1cccc(C#N)c1Br)C(=O)OC(C)(C)C.Cc1cccc(C#N)c1Br.Cc1cccc(C(=O)O)c1Br.Cc1cccc(C(N)=O)c1Br.N#Cc1cccc(CBr)c1Br. The molecule has 0 saturated heterocycles. The lowest BCUT2D eigenvalue weighted by Gasteiger charge is -2.25. The summed E-state index contributed by atoms with van der Waals surface area (Å²) in [7, 11) is 3.17. The first-order chi connectivity index (χ1) is 46.0. The molecule has 0 fully saturated rings. The number of carbonyl (C=O) groups excluding carboxylic acids is 5. The predicted molar refractivity (Wildman–Crippen MR) is 413 cm³/mol. The summed E-state index contributed by atoms with van der Waals surface area (Å²) in [4.78, 5) is 66.6. The van der Waals surface area contributed by atoms with Gasteiger partial charge < -0.3 is 45.2 Å². The van der Waals surface area contributed by atoms with Gasteiger partial charge in [0.05, 0.1) is 40.0 Å². The highest BCUT2D eigenvalue weighted by Gasteiger charge is 2.25. The zero-order valence-corrected chi connectivity index (χ0v) is 70.2. The number of carboxylic acid groups (broad SMARTS) is 1. The van der Waals surface area contributed by atoms with Gasteiger partial charge in [-0.1, -0.05) is 116 Å². The number of nitrogens with zero attached hydrogens (tertiary/aromatic N) is 5. The molecule has 27 heteroatoms. The van der Waals surface area contributed by atoms with Crippen LogP contribution >= 0.6 is 123 Å². The van der Waals surface area contributed by atoms with Crippen LogP contribution in [0.4, 0.5) is 19.2 Å². The summed E-state index contributed by atoms with van der Waals surface area (Å²) < 4.78 is 28.4. The van der Waals surface area contributed by atoms with Crippen LogP contribution in [0, 0.1) is 72.0 Å². The summed E-state index contributed by atoms with van der Waals surface area (Å²) in [6.07, 6.45) is -0.376. The minimum atomic E-state index is -1.06. The molecular weight excluding hydrogens is 1750 g/mol. The second-order valence-electron chi connectivity index (χ2n) is 23.5. The average molecular weight is 1840 g/mol. The molecule has 0 aromatic heterocycles. The zero-order valence-electron chi connectivity index (χ0n) is 58.4. The van der Waals surface area contributed by atoms with Gasteiger partial charge in [-0.3, -0.25) is 4.79 Å². The fourth-order valence-corrected chi connectivity index (χ4v) is 10.2. The number of hydrogen-bond acceptors (Lipinski definition) is 16. The molecule has 0 aliphatic rings. The second kappa shape index (κ2) is 50.6. The lowest BCUT2D eigenvalue weighted by Crippen LogP contribution is -2.33. The normalized spacial score (nSPS) is 9.89. The number of amides is 2. The number of nitriles is 4. The van der Waals surface area contributed by atoms with Gasteiger partial charge in [0.1, 0.15) is 41.1 Å². The van der Waals surface area contributed by atoms with Gasteiger partial charge in [0.25, 0.3) is 0 Å². The van der Waals surface area contributed by atoms with Crippen molar-refractivity contribution in [1.29, 1.82) is 21.0 Å². The van der Waals surface area contributed by atoms with E-state index in [-0.39, 0.29) is 6.09 Å². The van der Waals surface area contributed by atoms with Gasteiger partial charge in [-0.25, -0.2) is 24.0 Å². The third-order valence-electron chi connectivity index (χ3n) is 11.0. The van der Waals surface area contributed by atoms with E-state index in [4.69, 9.17) is 57.7 Å². The number of carboxylic acids is 1. The minimum absolute atomic E-state index is 0.310. The highest BCUT2D eigenvalue weighted by atomic mass is 79.9. The number of halogens is 8. The Morgan fingerprint density at radius 1 is 0.535 bits per heavy atom. The van der Waals surface area contributed by atoms with E-state index in [0.717, 1.165) is 69.4 Å². The Labute approximate surface area is 647 Å². The van der Waals surface area contributed by atoms with Crippen molar-refractivity contribution in [3.63, 3.8) is 0 Å². The Bertz CT molecular complexity index is 3680. The number of aromatic carboxylic acids is 1. The molecule has 2 amide bonds. The number of alkyl halides is 1. The molecule has 0 spiro atoms. The van der Waals surface area contributed by atoms with E-state index in [2.05, 4.69) is 164 Å². The summed E-state index contributed by atoms with van der Waals surface area (Å²) >= 11 is 28.1. The van der Waals surface area contributed by atoms with Gasteiger partial charge in [0.2, 0.25) is 5.91 Å². The minimum Gasteiger partial charge on any atom is -0.478 e. The number of aryl methyl sites for hydroxylation is 4. The largest absolute Gasteiger partial charge is 0.519 e. The Balaban J connectivity index is -0.00000107. The van der Waals surface area contributed by atoms with Crippen LogP contribution < -0.4 is 11.5 Å². The van der Waals surface area contributed by atoms with Gasteiger partial charge >= 0.3 is 29.8 Å². The monoisotopic (exact) mass is 1830 g/mol. The number of carbonyl (C=O) groups is 6. The summed E-state index contributed by atoms with van der Waals surface area (Å²) in [6.45, 7) is 28.0. The van der Waals surface area contributed by atoms with Crippen molar-refractivity contribution in [2.45, 2.75) is 145 Å². The maximum absolute atomic E-state index is 11.9. The fourth-order valence-electron chi connectivity index (χ4n) is 6.57. The van der Waals surface area contributed by atoms with Crippen molar-refractivity contribution < 1.29 is 57.6 Å². The smallest absolute Gasteiger partial charge is 0.478 e. The third kappa shape index (κ3) is 42.9. The fraction of sp³-hybridized carbons (Fsp3) is 0.361. The summed E-state index contributed by atoms with van der Waals surface area (Å²) in [5.74, 6) is -0.946. The number of benzene rings is 6. The second-order valence-corrected chi connectivity index (χ2v) is 29.1. The molecule has 0 atom stereocenters. The average Bonchev–Trinajstić information content (AvgIpc) is 0.882. The molecular formula is C72H85Br7ClN7O12. The highest BCUT2D eigenvalue weighted by molar-refractivity contribution is 9.11. The van der Waals surface area contributed by atoms with Crippen LogP contribution in [-0.2, 0) is 42.0 Å². The molecule has 0 radical (unpaired) electrons. The van der Waals surface area contributed by atoms with E-state index in [1.165, 1.54) is 17.5 Å². The molecule has 0 bridgehead atoms. The standard InChI is InChI=1S/C14H17BrN2O2.C10H10BrN.C10H18O5.C8H5Br2N.C8H8BrNO.C8H6BrN.C8H7BrO2.C5H9ClO2.CH5N/c1-14(2,3)19-13(18)17(4)9-11-7-5-6-10(8-16)12(11)15;1-2-4-8-5-3-6-9(7-12)10(8)11;1-9(2,3)14-7(11)13-8(12)15-10(4,5)6;9-4-6-2-1-3-7(5-11)8(6)10;1-5-3-2-4-6(7(5)9)8(10)11;1-6-3-2-4-7(5-10)8(6)9;1-5-3-2-4-6(7(5)9)8(10)11;1-4(2)3-8-5(6)7;1-2/h5-7H,9H2,1-4H3;3,5-6H,2,4H2,1H3;1-6H3;1-3H,4H2;2-4H,1H3,(H2,10,11);2-4H,1H3;2-4H,1H3,(H,10,11);4H,3H2,1-2H3;2H2,1H3. The Kier molecular flexibility index (Phi) is 49.3.